The molecule has 1 aliphatic heterocycles. The van der Waals surface area contributed by atoms with E-state index in [1.54, 1.807) is 25.7 Å². The number of alkyl halides is 2. The van der Waals surface area contributed by atoms with Gasteiger partial charge in [0.15, 0.2) is 11.5 Å². The van der Waals surface area contributed by atoms with Crippen LogP contribution in [0.1, 0.15) is 18.4 Å². The van der Waals surface area contributed by atoms with E-state index in [1.807, 2.05) is 27.7 Å². The number of imidazole rings is 1. The van der Waals surface area contributed by atoms with Crippen LogP contribution in [0.5, 0.6) is 5.75 Å². The van der Waals surface area contributed by atoms with E-state index in [1.165, 1.54) is 6.33 Å². The Morgan fingerprint density at radius 3 is 2.79 bits per heavy atom. The first-order chi connectivity index (χ1) is 18.4. The topological polar surface area (TPSA) is 130 Å². The molecule has 1 fully saturated rings. The molecule has 0 saturated carbocycles. The molecule has 2 unspecified atom stereocenters. The highest BCUT2D eigenvalue weighted by Crippen LogP contribution is 2.35. The molecule has 200 valence electrons. The number of hydrogen-bond donors (Lipinski definition) is 2. The molecule has 3 aromatic heterocycles. The predicted octanol–water partition coefficient (Wildman–Crippen LogP) is 3.72. The number of halogens is 3. The summed E-state index contributed by atoms with van der Waals surface area (Å²) in [4.78, 5) is 19.4. The van der Waals surface area contributed by atoms with Gasteiger partial charge in [-0.25, -0.2) is 23.7 Å². The van der Waals surface area contributed by atoms with Gasteiger partial charge in [-0.15, -0.1) is 0 Å². The third-order valence-corrected chi connectivity index (χ3v) is 6.88. The summed E-state index contributed by atoms with van der Waals surface area (Å²) in [6, 6.07) is 7.30. The largest absolute Gasteiger partial charge is 0.497 e. The van der Waals surface area contributed by atoms with Crippen LogP contribution >= 0.6 is 11.6 Å². The van der Waals surface area contributed by atoms with Crippen molar-refractivity contribution >= 4 is 34.3 Å². The van der Waals surface area contributed by atoms with Crippen molar-refractivity contribution in [3.63, 3.8) is 0 Å². The molecule has 0 spiro atoms. The van der Waals surface area contributed by atoms with Crippen LogP contribution < -0.4 is 21.1 Å². The smallest absolute Gasteiger partial charge is 0.261 e. The minimum Gasteiger partial charge on any atom is -0.497 e. The van der Waals surface area contributed by atoms with Crippen molar-refractivity contribution in [3.05, 3.63) is 53.7 Å². The van der Waals surface area contributed by atoms with Crippen LogP contribution in [0.3, 0.4) is 0 Å². The van der Waals surface area contributed by atoms with Gasteiger partial charge >= 0.3 is 0 Å². The summed E-state index contributed by atoms with van der Waals surface area (Å²) in [5.74, 6) is 0.915. The summed E-state index contributed by atoms with van der Waals surface area (Å²) in [5, 5.41) is 0.485. The maximum atomic E-state index is 12.8. The van der Waals surface area contributed by atoms with Crippen LogP contribution in [0.15, 0.2) is 43.1 Å². The van der Waals surface area contributed by atoms with Crippen LogP contribution in [0.25, 0.3) is 22.4 Å². The molecule has 38 heavy (non-hydrogen) atoms. The number of nitrogens with zero attached hydrogens (tertiary/aromatic N) is 6. The number of methoxy groups -OCH3 is 1. The van der Waals surface area contributed by atoms with Crippen LogP contribution in [0, 0.1) is 0 Å². The Morgan fingerprint density at radius 2 is 2.03 bits per heavy atom. The zero-order valence-corrected chi connectivity index (χ0v) is 21.4. The molecule has 1 saturated heterocycles. The summed E-state index contributed by atoms with van der Waals surface area (Å²) in [6.45, 7) is 0.318. The van der Waals surface area contributed by atoms with Gasteiger partial charge in [-0.3, -0.25) is 4.98 Å². The lowest BCUT2D eigenvalue weighted by molar-refractivity contribution is -0.0419. The molecule has 2 atom stereocenters. The maximum absolute atomic E-state index is 12.8. The van der Waals surface area contributed by atoms with Crippen molar-refractivity contribution in [2.24, 2.45) is 5.73 Å². The van der Waals surface area contributed by atoms with Crippen molar-refractivity contribution in [1.29, 1.82) is 0 Å². The SMILES string of the molecule is COc1ccc(-c2cc(Cn3cnc4c(N)ncnc43)c(N3CCCC(OCC(F)F)C3N)cn2)c(Cl)c1. The van der Waals surface area contributed by atoms with E-state index in [-0.39, 0.29) is 5.82 Å². The molecule has 0 aliphatic carbocycles. The van der Waals surface area contributed by atoms with Crippen LogP contribution in [-0.4, -0.2) is 63.5 Å². The number of fused-ring (bicyclic) bond motifs is 1. The maximum Gasteiger partial charge on any atom is 0.261 e. The van der Waals surface area contributed by atoms with Gasteiger partial charge in [0.25, 0.3) is 6.43 Å². The second-order valence-electron chi connectivity index (χ2n) is 8.94. The standard InChI is InChI=1S/C25H27ClF2N8O2/c1-37-15-4-5-16(17(26)8-15)18-7-14(10-35-13-34-22-23(29)32-12-33-25(22)35)19(9-31-18)36-6-2-3-20(24(36)30)38-11-21(27)28/h4-5,7-9,12-13,20-21,24H,2-3,6,10-11,30H2,1H3,(H2,29,32,33). The second kappa shape index (κ2) is 11.0. The number of piperidine rings is 1. The lowest BCUT2D eigenvalue weighted by Gasteiger charge is -2.41. The van der Waals surface area contributed by atoms with E-state index in [0.717, 1.165) is 23.2 Å². The highest BCUT2D eigenvalue weighted by Gasteiger charge is 2.32. The van der Waals surface area contributed by atoms with Gasteiger partial charge in [-0.1, -0.05) is 11.6 Å². The highest BCUT2D eigenvalue weighted by atomic mass is 35.5. The van der Waals surface area contributed by atoms with E-state index < -0.39 is 25.3 Å². The molecule has 4 N–H and O–H groups in total. The molecule has 0 radical (unpaired) electrons. The quantitative estimate of drug-likeness (QED) is 0.341. The van der Waals surface area contributed by atoms with Gasteiger partial charge < -0.3 is 30.4 Å². The van der Waals surface area contributed by atoms with Crippen molar-refractivity contribution in [3.8, 4) is 17.0 Å². The molecule has 4 heterocycles. The number of pyridine rings is 1. The Hall–Kier alpha value is -3.61. The number of anilines is 2. The molecule has 0 amide bonds. The predicted molar refractivity (Wildman–Crippen MR) is 140 cm³/mol. The van der Waals surface area contributed by atoms with Gasteiger partial charge in [0.1, 0.15) is 30.4 Å². The molecule has 1 aliphatic rings. The summed E-state index contributed by atoms with van der Waals surface area (Å²) >= 11 is 6.55. The fourth-order valence-electron chi connectivity index (χ4n) is 4.69. The Labute approximate surface area is 222 Å². The van der Waals surface area contributed by atoms with Gasteiger partial charge in [-0.2, -0.15) is 0 Å². The van der Waals surface area contributed by atoms with E-state index in [9.17, 15) is 8.78 Å². The van der Waals surface area contributed by atoms with Crippen LogP contribution in [0.2, 0.25) is 5.02 Å². The fourth-order valence-corrected chi connectivity index (χ4v) is 4.96. The third-order valence-electron chi connectivity index (χ3n) is 6.56. The monoisotopic (exact) mass is 544 g/mol. The lowest BCUT2D eigenvalue weighted by atomic mass is 10.0. The van der Waals surface area contributed by atoms with E-state index in [0.29, 0.717) is 47.1 Å². The zero-order valence-electron chi connectivity index (χ0n) is 20.6. The highest BCUT2D eigenvalue weighted by molar-refractivity contribution is 6.33. The molecule has 4 aromatic rings. The van der Waals surface area contributed by atoms with Gasteiger partial charge in [-0.05, 0) is 42.7 Å². The number of hydrogen-bond acceptors (Lipinski definition) is 9. The first-order valence-electron chi connectivity index (χ1n) is 12.0. The molecule has 5 rings (SSSR count). The minimum absolute atomic E-state index is 0.284. The number of ether oxygens (including phenoxy) is 2. The average molecular weight is 545 g/mol. The lowest BCUT2D eigenvalue weighted by Crippen LogP contribution is -2.55. The van der Waals surface area contributed by atoms with Crippen molar-refractivity contribution < 1.29 is 18.3 Å². The number of benzene rings is 1. The van der Waals surface area contributed by atoms with E-state index in [4.69, 9.17) is 32.5 Å². The molecule has 1 aromatic carbocycles. The van der Waals surface area contributed by atoms with E-state index >= 15 is 0 Å². The van der Waals surface area contributed by atoms with E-state index in [2.05, 4.69) is 19.9 Å². The Kier molecular flexibility index (Phi) is 7.54. The minimum atomic E-state index is -2.56. The zero-order chi connectivity index (χ0) is 26.8. The Morgan fingerprint density at radius 1 is 1.18 bits per heavy atom. The summed E-state index contributed by atoms with van der Waals surface area (Å²) < 4.78 is 38.2. The molecular weight excluding hydrogens is 518 g/mol. The number of nitrogen functional groups attached to an aromatic ring is 1. The fraction of sp³-hybridized carbons (Fsp3) is 0.360. The van der Waals surface area contributed by atoms with Crippen molar-refractivity contribution in [2.75, 3.05) is 30.9 Å². The van der Waals surface area contributed by atoms with Crippen molar-refractivity contribution in [2.45, 2.75) is 38.1 Å². The van der Waals surface area contributed by atoms with Crippen molar-refractivity contribution in [1.82, 2.24) is 24.5 Å². The first kappa shape index (κ1) is 26.0. The number of aromatic nitrogens is 5. The molecule has 0 bridgehead atoms. The summed E-state index contributed by atoms with van der Waals surface area (Å²) in [5.41, 5.74) is 16.6. The Bertz CT molecular complexity index is 1440. The van der Waals surface area contributed by atoms with Crippen LogP contribution in [-0.2, 0) is 11.3 Å². The van der Waals surface area contributed by atoms with Crippen LogP contribution in [0.4, 0.5) is 20.3 Å². The summed E-state index contributed by atoms with van der Waals surface area (Å²) in [7, 11) is 1.57. The average Bonchev–Trinajstić information content (AvgIpc) is 3.32. The second-order valence-corrected chi connectivity index (χ2v) is 9.34. The van der Waals surface area contributed by atoms with Gasteiger partial charge in [0.05, 0.1) is 48.7 Å². The molecular formula is C25H27ClF2N8O2. The number of rotatable bonds is 8. The molecule has 13 heteroatoms. The van der Waals surface area contributed by atoms with Gasteiger partial charge in [0.2, 0.25) is 0 Å². The van der Waals surface area contributed by atoms with Gasteiger partial charge in [0, 0.05) is 12.1 Å². The Balaban J connectivity index is 1.56. The molecule has 10 nitrogen and oxygen atoms in total. The third kappa shape index (κ3) is 5.19. The number of nitrogens with two attached hydrogens (primary N) is 2. The normalized spacial score (nSPS) is 17.9. The first-order valence-corrected chi connectivity index (χ1v) is 12.4. The summed E-state index contributed by atoms with van der Waals surface area (Å²) in [6.07, 6.45) is 2.34.